The van der Waals surface area contributed by atoms with Gasteiger partial charge in [-0.05, 0) is 20.3 Å². The molecule has 0 aromatic heterocycles. The Morgan fingerprint density at radius 2 is 1.92 bits per heavy atom. The van der Waals surface area contributed by atoms with Crippen LogP contribution in [0.4, 0.5) is 0 Å². The van der Waals surface area contributed by atoms with Gasteiger partial charge in [0.05, 0.1) is 25.4 Å². The Bertz CT molecular complexity index is 104. The van der Waals surface area contributed by atoms with Crippen molar-refractivity contribution < 1.29 is 14.6 Å². The van der Waals surface area contributed by atoms with Crippen LogP contribution in [-0.4, -0.2) is 37.1 Å². The molecule has 2 unspecified atom stereocenters. The summed E-state index contributed by atoms with van der Waals surface area (Å²) in [7, 11) is 0. The third-order valence-corrected chi connectivity index (χ3v) is 1.61. The number of ether oxygens (including phenoxy) is 2. The highest BCUT2D eigenvalue weighted by atomic mass is 16.5. The summed E-state index contributed by atoms with van der Waals surface area (Å²) in [5, 5.41) is 8.91. The van der Waals surface area contributed by atoms with Crippen molar-refractivity contribution in [2.75, 3.05) is 19.8 Å². The Hall–Kier alpha value is -0.120. The zero-order valence-corrected chi connectivity index (χ0v) is 8.95. The van der Waals surface area contributed by atoms with Gasteiger partial charge in [-0.25, -0.2) is 0 Å². The second kappa shape index (κ2) is 8.48. The van der Waals surface area contributed by atoms with Gasteiger partial charge in [-0.3, -0.25) is 0 Å². The quantitative estimate of drug-likeness (QED) is 0.591. The lowest BCUT2D eigenvalue weighted by molar-refractivity contribution is -0.0288. The highest BCUT2D eigenvalue weighted by molar-refractivity contribution is 4.49. The molecular formula is C10H22O3. The fraction of sp³-hybridized carbons (Fsp3) is 1.00. The molecule has 0 radical (unpaired) electrons. The van der Waals surface area contributed by atoms with E-state index in [1.54, 1.807) is 6.92 Å². The van der Waals surface area contributed by atoms with E-state index in [2.05, 4.69) is 6.92 Å². The maximum atomic E-state index is 8.91. The standard InChI is InChI=1S/C10H22O3/c1-4-5-6-13-10(3)8-12-7-9(2)11/h9-11H,4-8H2,1-3H3. The Kier molecular flexibility index (Phi) is 8.40. The predicted molar refractivity (Wildman–Crippen MR) is 52.8 cm³/mol. The Labute approximate surface area is 81.0 Å². The monoisotopic (exact) mass is 190 g/mol. The molecule has 0 amide bonds. The molecule has 0 aliphatic rings. The molecule has 0 aliphatic carbocycles. The summed E-state index contributed by atoms with van der Waals surface area (Å²) in [6, 6.07) is 0. The summed E-state index contributed by atoms with van der Waals surface area (Å²) in [5.41, 5.74) is 0. The van der Waals surface area contributed by atoms with Gasteiger partial charge >= 0.3 is 0 Å². The Balaban J connectivity index is 3.15. The van der Waals surface area contributed by atoms with Crippen molar-refractivity contribution in [3.8, 4) is 0 Å². The first-order chi connectivity index (χ1) is 6.16. The van der Waals surface area contributed by atoms with Gasteiger partial charge in [0.15, 0.2) is 0 Å². The van der Waals surface area contributed by atoms with Crippen molar-refractivity contribution in [3.05, 3.63) is 0 Å². The summed E-state index contributed by atoms with van der Waals surface area (Å²) in [6.07, 6.45) is 2.00. The first kappa shape index (κ1) is 12.9. The molecule has 0 spiro atoms. The molecule has 0 saturated carbocycles. The number of hydrogen-bond donors (Lipinski definition) is 1. The van der Waals surface area contributed by atoms with Crippen molar-refractivity contribution in [3.63, 3.8) is 0 Å². The molecule has 0 aliphatic heterocycles. The molecule has 0 rings (SSSR count). The third kappa shape index (κ3) is 9.80. The van der Waals surface area contributed by atoms with Gasteiger partial charge in [0.2, 0.25) is 0 Å². The van der Waals surface area contributed by atoms with E-state index < -0.39 is 0 Å². The van der Waals surface area contributed by atoms with E-state index in [1.165, 1.54) is 0 Å². The zero-order valence-electron chi connectivity index (χ0n) is 8.95. The molecule has 0 bridgehead atoms. The molecule has 13 heavy (non-hydrogen) atoms. The molecule has 80 valence electrons. The maximum Gasteiger partial charge on any atom is 0.0780 e. The van der Waals surface area contributed by atoms with Crippen LogP contribution in [-0.2, 0) is 9.47 Å². The Morgan fingerprint density at radius 1 is 1.23 bits per heavy atom. The first-order valence-electron chi connectivity index (χ1n) is 5.04. The van der Waals surface area contributed by atoms with Crippen molar-refractivity contribution >= 4 is 0 Å². The Morgan fingerprint density at radius 3 is 2.46 bits per heavy atom. The van der Waals surface area contributed by atoms with Crippen LogP contribution >= 0.6 is 0 Å². The van der Waals surface area contributed by atoms with E-state index in [-0.39, 0.29) is 12.2 Å². The van der Waals surface area contributed by atoms with Gasteiger partial charge in [-0.1, -0.05) is 13.3 Å². The SMILES string of the molecule is CCCCOC(C)COCC(C)O. The second-order valence-electron chi connectivity index (χ2n) is 3.42. The van der Waals surface area contributed by atoms with Gasteiger partial charge in [0, 0.05) is 6.61 Å². The fourth-order valence-corrected chi connectivity index (χ4v) is 0.882. The number of hydrogen-bond acceptors (Lipinski definition) is 3. The number of unbranched alkanes of at least 4 members (excludes halogenated alkanes) is 1. The van der Waals surface area contributed by atoms with E-state index in [1.807, 2.05) is 6.92 Å². The highest BCUT2D eigenvalue weighted by Crippen LogP contribution is 1.96. The molecule has 0 aromatic rings. The predicted octanol–water partition coefficient (Wildman–Crippen LogP) is 1.59. The van der Waals surface area contributed by atoms with Crippen molar-refractivity contribution in [2.24, 2.45) is 0 Å². The maximum absolute atomic E-state index is 8.91. The van der Waals surface area contributed by atoms with Crippen LogP contribution < -0.4 is 0 Å². The molecule has 0 aromatic carbocycles. The van der Waals surface area contributed by atoms with Crippen LogP contribution in [0.15, 0.2) is 0 Å². The van der Waals surface area contributed by atoms with Gasteiger partial charge in [0.1, 0.15) is 0 Å². The van der Waals surface area contributed by atoms with E-state index in [0.29, 0.717) is 13.2 Å². The topological polar surface area (TPSA) is 38.7 Å². The fourth-order valence-electron chi connectivity index (χ4n) is 0.882. The van der Waals surface area contributed by atoms with Crippen molar-refractivity contribution in [1.82, 2.24) is 0 Å². The van der Waals surface area contributed by atoms with Gasteiger partial charge in [-0.15, -0.1) is 0 Å². The number of rotatable bonds is 8. The second-order valence-corrected chi connectivity index (χ2v) is 3.42. The van der Waals surface area contributed by atoms with E-state index in [9.17, 15) is 0 Å². The third-order valence-electron chi connectivity index (χ3n) is 1.61. The number of aliphatic hydroxyl groups is 1. The molecule has 1 N–H and O–H groups in total. The van der Waals surface area contributed by atoms with Crippen molar-refractivity contribution in [2.45, 2.75) is 45.8 Å². The lowest BCUT2D eigenvalue weighted by Crippen LogP contribution is -2.20. The van der Waals surface area contributed by atoms with Crippen LogP contribution in [0.5, 0.6) is 0 Å². The van der Waals surface area contributed by atoms with Crippen LogP contribution in [0.25, 0.3) is 0 Å². The molecule has 0 heterocycles. The lowest BCUT2D eigenvalue weighted by atomic mass is 10.3. The van der Waals surface area contributed by atoms with Gasteiger partial charge in [0.25, 0.3) is 0 Å². The molecular weight excluding hydrogens is 168 g/mol. The average molecular weight is 190 g/mol. The lowest BCUT2D eigenvalue weighted by Gasteiger charge is -2.13. The summed E-state index contributed by atoms with van der Waals surface area (Å²) >= 11 is 0. The van der Waals surface area contributed by atoms with Crippen LogP contribution in [0.2, 0.25) is 0 Å². The van der Waals surface area contributed by atoms with Crippen molar-refractivity contribution in [1.29, 1.82) is 0 Å². The smallest absolute Gasteiger partial charge is 0.0780 e. The molecule has 2 atom stereocenters. The normalized spacial score (nSPS) is 15.7. The average Bonchev–Trinajstić information content (AvgIpc) is 2.04. The van der Waals surface area contributed by atoms with E-state index in [0.717, 1.165) is 19.4 Å². The van der Waals surface area contributed by atoms with Crippen LogP contribution in [0.1, 0.15) is 33.6 Å². The summed E-state index contributed by atoms with van der Waals surface area (Å²) in [5.74, 6) is 0. The van der Waals surface area contributed by atoms with Crippen LogP contribution in [0, 0.1) is 0 Å². The minimum atomic E-state index is -0.386. The zero-order chi connectivity index (χ0) is 10.1. The molecule has 0 fully saturated rings. The summed E-state index contributed by atoms with van der Waals surface area (Å²) in [4.78, 5) is 0. The van der Waals surface area contributed by atoms with Gasteiger partial charge < -0.3 is 14.6 Å². The van der Waals surface area contributed by atoms with E-state index in [4.69, 9.17) is 14.6 Å². The van der Waals surface area contributed by atoms with Gasteiger partial charge in [-0.2, -0.15) is 0 Å². The molecule has 3 nitrogen and oxygen atoms in total. The van der Waals surface area contributed by atoms with Crippen LogP contribution in [0.3, 0.4) is 0 Å². The molecule has 0 saturated heterocycles. The largest absolute Gasteiger partial charge is 0.391 e. The number of aliphatic hydroxyl groups excluding tert-OH is 1. The minimum Gasteiger partial charge on any atom is -0.391 e. The van der Waals surface area contributed by atoms with E-state index >= 15 is 0 Å². The summed E-state index contributed by atoms with van der Waals surface area (Å²) in [6.45, 7) is 7.59. The first-order valence-corrected chi connectivity index (χ1v) is 5.04. The highest BCUT2D eigenvalue weighted by Gasteiger charge is 2.02. The minimum absolute atomic E-state index is 0.130. The molecule has 3 heteroatoms. The summed E-state index contributed by atoms with van der Waals surface area (Å²) < 4.78 is 10.7.